The predicted octanol–water partition coefficient (Wildman–Crippen LogP) is 3.88. The summed E-state index contributed by atoms with van der Waals surface area (Å²) in [6.45, 7) is 6.30. The second-order valence-corrected chi connectivity index (χ2v) is 6.47. The highest BCUT2D eigenvalue weighted by Gasteiger charge is 2.23. The quantitative estimate of drug-likeness (QED) is 0.826. The number of nitrogens with one attached hydrogen (secondary N) is 2. The van der Waals surface area contributed by atoms with Crippen LogP contribution in [0.4, 0.5) is 5.69 Å². The molecule has 0 aromatic heterocycles. The van der Waals surface area contributed by atoms with Crippen molar-refractivity contribution in [3.05, 3.63) is 29.8 Å². The summed E-state index contributed by atoms with van der Waals surface area (Å²) in [5.74, 6) is 0.706. The summed E-state index contributed by atoms with van der Waals surface area (Å²) in [7, 11) is 0. The highest BCUT2D eigenvalue weighted by atomic mass is 16.2. The molecule has 0 radical (unpaired) electrons. The zero-order valence-corrected chi connectivity index (χ0v) is 13.5. The Hall–Kier alpha value is -1.35. The third kappa shape index (κ3) is 4.85. The number of hydrogen-bond donors (Lipinski definition) is 2. The van der Waals surface area contributed by atoms with E-state index < -0.39 is 0 Å². The van der Waals surface area contributed by atoms with Crippen LogP contribution in [0.15, 0.2) is 24.3 Å². The van der Waals surface area contributed by atoms with Crippen LogP contribution in [-0.2, 0) is 4.79 Å². The predicted molar refractivity (Wildman–Crippen MR) is 88.4 cm³/mol. The van der Waals surface area contributed by atoms with Crippen molar-refractivity contribution in [1.29, 1.82) is 0 Å². The number of aryl methyl sites for hydroxylation is 1. The maximum atomic E-state index is 12.3. The first-order chi connectivity index (χ1) is 10.1. The molecular formula is C18H28N2O. The number of rotatable bonds is 4. The lowest BCUT2D eigenvalue weighted by molar-refractivity contribution is -0.118. The van der Waals surface area contributed by atoms with Gasteiger partial charge in [-0.25, -0.2) is 0 Å². The Morgan fingerprint density at radius 1 is 1.14 bits per heavy atom. The van der Waals surface area contributed by atoms with Crippen LogP contribution in [-0.4, -0.2) is 18.0 Å². The van der Waals surface area contributed by atoms with E-state index in [-0.39, 0.29) is 11.9 Å². The normalized spacial score (nSPS) is 24.1. The number of hydrogen-bond acceptors (Lipinski definition) is 2. The summed E-state index contributed by atoms with van der Waals surface area (Å²) >= 11 is 0. The molecule has 3 nitrogen and oxygen atoms in total. The Kier molecular flexibility index (Phi) is 5.80. The molecule has 1 aliphatic rings. The van der Waals surface area contributed by atoms with Gasteiger partial charge in [-0.2, -0.15) is 0 Å². The lowest BCUT2D eigenvalue weighted by atomic mass is 9.96. The summed E-state index contributed by atoms with van der Waals surface area (Å²) < 4.78 is 0. The van der Waals surface area contributed by atoms with E-state index in [0.717, 1.165) is 5.69 Å². The molecule has 1 fully saturated rings. The van der Waals surface area contributed by atoms with Gasteiger partial charge in [-0.05, 0) is 44.7 Å². The second kappa shape index (κ2) is 7.60. The molecule has 1 aromatic carbocycles. The molecule has 1 saturated carbocycles. The van der Waals surface area contributed by atoms with Crippen LogP contribution in [0.3, 0.4) is 0 Å². The molecule has 0 aliphatic heterocycles. The van der Waals surface area contributed by atoms with Gasteiger partial charge in [-0.1, -0.05) is 43.9 Å². The average molecular weight is 288 g/mol. The van der Waals surface area contributed by atoms with Crippen LogP contribution in [0.5, 0.6) is 0 Å². The van der Waals surface area contributed by atoms with Crippen LogP contribution < -0.4 is 10.6 Å². The maximum Gasteiger partial charge on any atom is 0.241 e. The van der Waals surface area contributed by atoms with Crippen molar-refractivity contribution in [2.45, 2.75) is 65.0 Å². The highest BCUT2D eigenvalue weighted by Crippen LogP contribution is 2.23. The van der Waals surface area contributed by atoms with Gasteiger partial charge >= 0.3 is 0 Å². The van der Waals surface area contributed by atoms with Crippen LogP contribution in [0, 0.1) is 12.8 Å². The number of benzene rings is 1. The molecule has 0 spiro atoms. The summed E-state index contributed by atoms with van der Waals surface area (Å²) in [6, 6.07) is 8.24. The second-order valence-electron chi connectivity index (χ2n) is 6.47. The van der Waals surface area contributed by atoms with E-state index in [4.69, 9.17) is 0 Å². The molecule has 3 heteroatoms. The molecular weight excluding hydrogens is 260 g/mol. The first-order valence-electron chi connectivity index (χ1n) is 8.20. The first-order valence-corrected chi connectivity index (χ1v) is 8.20. The van der Waals surface area contributed by atoms with Crippen molar-refractivity contribution in [3.63, 3.8) is 0 Å². The molecule has 1 aliphatic carbocycles. The SMILES string of the molecule is Cc1ccc(NC(=O)C(C)NC2CCCCCC2C)cc1. The maximum absolute atomic E-state index is 12.3. The van der Waals surface area contributed by atoms with Gasteiger partial charge in [0, 0.05) is 11.7 Å². The number of carbonyl (C=O) groups is 1. The van der Waals surface area contributed by atoms with Gasteiger partial charge in [0.25, 0.3) is 0 Å². The van der Waals surface area contributed by atoms with E-state index >= 15 is 0 Å². The standard InChI is InChI=1S/C18H28N2O/c1-13-9-11-16(12-10-13)20-18(21)15(3)19-17-8-6-4-5-7-14(17)2/h9-12,14-15,17,19H,4-8H2,1-3H3,(H,20,21). The van der Waals surface area contributed by atoms with Crippen LogP contribution >= 0.6 is 0 Å². The van der Waals surface area contributed by atoms with Crippen molar-refractivity contribution in [2.75, 3.05) is 5.32 Å². The van der Waals surface area contributed by atoms with E-state index in [2.05, 4.69) is 17.6 Å². The van der Waals surface area contributed by atoms with Crippen LogP contribution in [0.25, 0.3) is 0 Å². The van der Waals surface area contributed by atoms with E-state index in [1.807, 2.05) is 38.1 Å². The summed E-state index contributed by atoms with van der Waals surface area (Å²) in [5, 5.41) is 6.52. The number of carbonyl (C=O) groups excluding carboxylic acids is 1. The molecule has 0 bridgehead atoms. The van der Waals surface area contributed by atoms with Crippen molar-refractivity contribution in [2.24, 2.45) is 5.92 Å². The highest BCUT2D eigenvalue weighted by molar-refractivity contribution is 5.94. The van der Waals surface area contributed by atoms with Gasteiger partial charge in [0.15, 0.2) is 0 Å². The molecule has 1 aromatic rings. The van der Waals surface area contributed by atoms with Gasteiger partial charge < -0.3 is 10.6 Å². The zero-order chi connectivity index (χ0) is 15.2. The fourth-order valence-electron chi connectivity index (χ4n) is 3.02. The smallest absolute Gasteiger partial charge is 0.241 e. The van der Waals surface area contributed by atoms with Gasteiger partial charge in [0.2, 0.25) is 5.91 Å². The van der Waals surface area contributed by atoms with Crippen molar-refractivity contribution >= 4 is 11.6 Å². The summed E-state index contributed by atoms with van der Waals surface area (Å²) in [4.78, 5) is 12.3. The van der Waals surface area contributed by atoms with Gasteiger partial charge in [-0.15, -0.1) is 0 Å². The Balaban J connectivity index is 1.88. The Morgan fingerprint density at radius 2 is 1.81 bits per heavy atom. The van der Waals surface area contributed by atoms with Gasteiger partial charge in [-0.3, -0.25) is 4.79 Å². The van der Waals surface area contributed by atoms with E-state index in [1.165, 1.54) is 37.7 Å². The first kappa shape index (κ1) is 16.0. The lowest BCUT2D eigenvalue weighted by Gasteiger charge is -2.26. The average Bonchev–Trinajstić information content (AvgIpc) is 2.66. The fraction of sp³-hybridized carbons (Fsp3) is 0.611. The van der Waals surface area contributed by atoms with Crippen LogP contribution in [0.1, 0.15) is 51.5 Å². The minimum absolute atomic E-state index is 0.0512. The minimum Gasteiger partial charge on any atom is -0.325 e. The summed E-state index contributed by atoms with van der Waals surface area (Å²) in [6.07, 6.45) is 6.37. The lowest BCUT2D eigenvalue weighted by Crippen LogP contribution is -2.46. The molecule has 1 amide bonds. The van der Waals surface area contributed by atoms with Crippen molar-refractivity contribution in [1.82, 2.24) is 5.32 Å². The summed E-state index contributed by atoms with van der Waals surface area (Å²) in [5.41, 5.74) is 2.07. The Labute approximate surface area is 128 Å². The minimum atomic E-state index is -0.156. The topological polar surface area (TPSA) is 41.1 Å². The Morgan fingerprint density at radius 3 is 2.52 bits per heavy atom. The molecule has 116 valence electrons. The van der Waals surface area contributed by atoms with Crippen molar-refractivity contribution < 1.29 is 4.79 Å². The number of anilines is 1. The zero-order valence-electron chi connectivity index (χ0n) is 13.5. The monoisotopic (exact) mass is 288 g/mol. The molecule has 3 atom stereocenters. The van der Waals surface area contributed by atoms with E-state index in [0.29, 0.717) is 12.0 Å². The largest absolute Gasteiger partial charge is 0.325 e. The third-order valence-corrected chi connectivity index (χ3v) is 4.54. The third-order valence-electron chi connectivity index (χ3n) is 4.54. The Bertz CT molecular complexity index is 455. The molecule has 0 saturated heterocycles. The molecule has 0 heterocycles. The fourth-order valence-corrected chi connectivity index (χ4v) is 3.02. The van der Waals surface area contributed by atoms with Gasteiger partial charge in [0.05, 0.1) is 6.04 Å². The van der Waals surface area contributed by atoms with E-state index in [1.54, 1.807) is 0 Å². The molecule has 2 N–H and O–H groups in total. The van der Waals surface area contributed by atoms with Crippen molar-refractivity contribution in [3.8, 4) is 0 Å². The molecule has 2 rings (SSSR count). The van der Waals surface area contributed by atoms with E-state index in [9.17, 15) is 4.79 Å². The number of amides is 1. The van der Waals surface area contributed by atoms with Crippen LogP contribution in [0.2, 0.25) is 0 Å². The molecule has 3 unspecified atom stereocenters. The molecule has 21 heavy (non-hydrogen) atoms. The van der Waals surface area contributed by atoms with Gasteiger partial charge in [0.1, 0.15) is 0 Å².